The molecule has 0 bridgehead atoms. The van der Waals surface area contributed by atoms with E-state index in [2.05, 4.69) is 43.8 Å². The first-order chi connectivity index (χ1) is 11.3. The van der Waals surface area contributed by atoms with Crippen LogP contribution in [-0.4, -0.2) is 0 Å². The fourth-order valence-corrected chi connectivity index (χ4v) is 5.15. The van der Waals surface area contributed by atoms with Gasteiger partial charge in [-0.3, -0.25) is 0 Å². The minimum absolute atomic E-state index is 0.830. The zero-order chi connectivity index (χ0) is 16.1. The van der Waals surface area contributed by atoms with E-state index in [1.807, 2.05) is 0 Å². The summed E-state index contributed by atoms with van der Waals surface area (Å²) in [6.07, 6.45) is 16.0. The Labute approximate surface area is 143 Å². The molecule has 0 aliphatic heterocycles. The number of rotatable bonds is 6. The van der Waals surface area contributed by atoms with Gasteiger partial charge >= 0.3 is 0 Å². The van der Waals surface area contributed by atoms with Crippen molar-refractivity contribution < 1.29 is 0 Å². The fourth-order valence-electron chi connectivity index (χ4n) is 5.15. The van der Waals surface area contributed by atoms with Crippen molar-refractivity contribution in [2.45, 2.75) is 77.0 Å². The maximum atomic E-state index is 3.89. The van der Waals surface area contributed by atoms with Crippen molar-refractivity contribution >= 4 is 0 Å². The SMILES string of the molecule is C=CCC[C@@H]1CC[C@@H]2CC(c3ccc(CCC)cc3)CC[C@@H]2C1. The lowest BCUT2D eigenvalue weighted by Gasteiger charge is -2.42. The molecular weight excluding hydrogens is 276 g/mol. The van der Waals surface area contributed by atoms with E-state index in [9.17, 15) is 0 Å². The van der Waals surface area contributed by atoms with Crippen molar-refractivity contribution in [2.75, 3.05) is 0 Å². The van der Waals surface area contributed by atoms with Crippen LogP contribution < -0.4 is 0 Å². The van der Waals surface area contributed by atoms with Gasteiger partial charge in [0.2, 0.25) is 0 Å². The molecule has 0 spiro atoms. The molecular formula is C23H34. The van der Waals surface area contributed by atoms with Gasteiger partial charge in [0, 0.05) is 0 Å². The first-order valence-corrected chi connectivity index (χ1v) is 9.99. The van der Waals surface area contributed by atoms with Crippen LogP contribution in [0.1, 0.15) is 81.8 Å². The van der Waals surface area contributed by atoms with E-state index in [1.54, 1.807) is 5.56 Å². The Morgan fingerprint density at radius 1 is 1.00 bits per heavy atom. The number of hydrogen-bond donors (Lipinski definition) is 0. The zero-order valence-corrected chi connectivity index (χ0v) is 15.0. The van der Waals surface area contributed by atoms with Gasteiger partial charge in [0.25, 0.3) is 0 Å². The first-order valence-electron chi connectivity index (χ1n) is 9.99. The average molecular weight is 311 g/mol. The summed E-state index contributed by atoms with van der Waals surface area (Å²) in [5.74, 6) is 3.84. The number of hydrogen-bond acceptors (Lipinski definition) is 0. The number of allylic oxidation sites excluding steroid dienone is 1. The van der Waals surface area contributed by atoms with Gasteiger partial charge in [0.15, 0.2) is 0 Å². The van der Waals surface area contributed by atoms with Gasteiger partial charge in [0.1, 0.15) is 0 Å². The van der Waals surface area contributed by atoms with Crippen LogP contribution in [0.25, 0.3) is 0 Å². The summed E-state index contributed by atoms with van der Waals surface area (Å²) >= 11 is 0. The lowest BCUT2D eigenvalue weighted by molar-refractivity contribution is 0.115. The van der Waals surface area contributed by atoms with Crippen molar-refractivity contribution in [1.82, 2.24) is 0 Å². The molecule has 2 saturated carbocycles. The Balaban J connectivity index is 1.55. The predicted molar refractivity (Wildman–Crippen MR) is 101 cm³/mol. The molecule has 1 aromatic carbocycles. The van der Waals surface area contributed by atoms with E-state index in [1.165, 1.54) is 69.8 Å². The molecule has 0 heterocycles. The molecule has 0 radical (unpaired) electrons. The summed E-state index contributed by atoms with van der Waals surface area (Å²) in [5.41, 5.74) is 3.12. The van der Waals surface area contributed by atoms with Crippen LogP contribution in [0.15, 0.2) is 36.9 Å². The zero-order valence-electron chi connectivity index (χ0n) is 15.0. The fraction of sp³-hybridized carbons (Fsp3) is 0.652. The minimum Gasteiger partial charge on any atom is -0.103 e. The standard InChI is InChI=1S/C23H34/c1-3-5-7-19-10-13-23-17-22(15-14-21(23)16-19)20-11-8-18(6-4-2)9-12-20/h3,8-9,11-12,19,21-23H,1,4-7,10,13-17H2,2H3/t19-,21-,22?,23-/m1/s1. The highest BCUT2D eigenvalue weighted by Gasteiger charge is 2.35. The van der Waals surface area contributed by atoms with Gasteiger partial charge in [-0.2, -0.15) is 0 Å². The molecule has 1 unspecified atom stereocenters. The monoisotopic (exact) mass is 310 g/mol. The third-order valence-electron chi connectivity index (χ3n) is 6.49. The maximum absolute atomic E-state index is 3.89. The van der Waals surface area contributed by atoms with Crippen LogP contribution in [0.3, 0.4) is 0 Å². The van der Waals surface area contributed by atoms with Gasteiger partial charge in [-0.1, -0.05) is 50.1 Å². The summed E-state index contributed by atoms with van der Waals surface area (Å²) < 4.78 is 0. The van der Waals surface area contributed by atoms with E-state index in [-0.39, 0.29) is 0 Å². The second-order valence-electron chi connectivity index (χ2n) is 8.07. The molecule has 2 aliphatic carbocycles. The Hall–Kier alpha value is -1.04. The predicted octanol–water partition coefficient (Wildman–Crippen LogP) is 6.91. The molecule has 2 fully saturated rings. The number of aryl methyl sites for hydroxylation is 1. The second-order valence-corrected chi connectivity index (χ2v) is 8.07. The molecule has 0 N–H and O–H groups in total. The third-order valence-corrected chi connectivity index (χ3v) is 6.49. The smallest absolute Gasteiger partial charge is 0.0159 e. The highest BCUT2D eigenvalue weighted by Crippen LogP contribution is 2.48. The molecule has 0 aromatic heterocycles. The summed E-state index contributed by atoms with van der Waals surface area (Å²) in [4.78, 5) is 0. The molecule has 0 amide bonds. The van der Waals surface area contributed by atoms with Crippen LogP contribution >= 0.6 is 0 Å². The molecule has 0 saturated heterocycles. The summed E-state index contributed by atoms with van der Waals surface area (Å²) in [7, 11) is 0. The normalized spacial score (nSPS) is 30.7. The van der Waals surface area contributed by atoms with Gasteiger partial charge in [0.05, 0.1) is 0 Å². The van der Waals surface area contributed by atoms with Crippen molar-refractivity contribution in [2.24, 2.45) is 17.8 Å². The van der Waals surface area contributed by atoms with E-state index in [4.69, 9.17) is 0 Å². The largest absolute Gasteiger partial charge is 0.103 e. The Morgan fingerprint density at radius 2 is 1.74 bits per heavy atom. The van der Waals surface area contributed by atoms with Crippen molar-refractivity contribution in [3.05, 3.63) is 48.0 Å². The average Bonchev–Trinajstić information content (AvgIpc) is 2.60. The van der Waals surface area contributed by atoms with Crippen LogP contribution in [0.4, 0.5) is 0 Å². The molecule has 0 heteroatoms. The molecule has 1 aromatic rings. The molecule has 3 rings (SSSR count). The van der Waals surface area contributed by atoms with Gasteiger partial charge in [-0.15, -0.1) is 6.58 Å². The Kier molecular flexibility index (Phi) is 5.97. The van der Waals surface area contributed by atoms with Gasteiger partial charge < -0.3 is 0 Å². The van der Waals surface area contributed by atoms with Crippen molar-refractivity contribution in [3.63, 3.8) is 0 Å². The molecule has 126 valence electrons. The number of fused-ring (bicyclic) bond motifs is 1. The highest BCUT2D eigenvalue weighted by atomic mass is 14.4. The van der Waals surface area contributed by atoms with Gasteiger partial charge in [-0.25, -0.2) is 0 Å². The quantitative estimate of drug-likeness (QED) is 0.501. The number of benzene rings is 1. The summed E-state index contributed by atoms with van der Waals surface area (Å²) in [6, 6.07) is 9.59. The minimum atomic E-state index is 0.830. The van der Waals surface area contributed by atoms with E-state index in [0.29, 0.717) is 0 Å². The van der Waals surface area contributed by atoms with Crippen molar-refractivity contribution in [3.8, 4) is 0 Å². The van der Waals surface area contributed by atoms with E-state index >= 15 is 0 Å². The topological polar surface area (TPSA) is 0 Å². The first kappa shape index (κ1) is 16.8. The van der Waals surface area contributed by atoms with Crippen LogP contribution in [0, 0.1) is 17.8 Å². The van der Waals surface area contributed by atoms with Crippen molar-refractivity contribution in [1.29, 1.82) is 0 Å². The third kappa shape index (κ3) is 4.28. The molecule has 23 heavy (non-hydrogen) atoms. The lowest BCUT2D eigenvalue weighted by Crippen LogP contribution is -2.30. The Morgan fingerprint density at radius 3 is 2.48 bits per heavy atom. The second kappa shape index (κ2) is 8.18. The maximum Gasteiger partial charge on any atom is -0.0159 e. The van der Waals surface area contributed by atoms with E-state index in [0.717, 1.165) is 23.7 Å². The molecule has 4 atom stereocenters. The molecule has 0 nitrogen and oxygen atoms in total. The van der Waals surface area contributed by atoms with Crippen LogP contribution in [0.2, 0.25) is 0 Å². The summed E-state index contributed by atoms with van der Waals surface area (Å²) in [5, 5.41) is 0. The highest BCUT2D eigenvalue weighted by molar-refractivity contribution is 5.26. The Bertz CT molecular complexity index is 483. The summed E-state index contributed by atoms with van der Waals surface area (Å²) in [6.45, 7) is 6.15. The van der Waals surface area contributed by atoms with E-state index < -0.39 is 0 Å². The lowest BCUT2D eigenvalue weighted by atomic mass is 9.63. The van der Waals surface area contributed by atoms with Crippen LogP contribution in [-0.2, 0) is 6.42 Å². The van der Waals surface area contributed by atoms with Gasteiger partial charge in [-0.05, 0) is 86.2 Å². The van der Waals surface area contributed by atoms with Crippen LogP contribution in [0.5, 0.6) is 0 Å². The molecule has 2 aliphatic rings.